The predicted molar refractivity (Wildman–Crippen MR) is 101 cm³/mol. The number of hydrogen-bond donors (Lipinski definition) is 1. The first kappa shape index (κ1) is 22.2. The number of benzene rings is 1. The molecule has 1 heterocycles. The van der Waals surface area contributed by atoms with Gasteiger partial charge in [-0.15, -0.1) is 0 Å². The summed E-state index contributed by atoms with van der Waals surface area (Å²) >= 11 is 0. The van der Waals surface area contributed by atoms with Gasteiger partial charge in [-0.25, -0.2) is 0 Å². The van der Waals surface area contributed by atoms with Gasteiger partial charge in [0.1, 0.15) is 0 Å². The first-order valence-corrected chi connectivity index (χ1v) is 9.63. The second-order valence-electron chi connectivity index (χ2n) is 7.43. The molecule has 0 saturated carbocycles. The fourth-order valence-electron chi connectivity index (χ4n) is 3.02. The third-order valence-corrected chi connectivity index (χ3v) is 4.79. The van der Waals surface area contributed by atoms with Gasteiger partial charge in [-0.1, -0.05) is 13.8 Å². The molecule has 0 spiro atoms. The molecule has 2 rings (SSSR count). The second-order valence-corrected chi connectivity index (χ2v) is 7.43. The van der Waals surface area contributed by atoms with E-state index in [4.69, 9.17) is 0 Å². The minimum atomic E-state index is -4.44. The molecule has 1 aromatic carbocycles. The van der Waals surface area contributed by atoms with Gasteiger partial charge >= 0.3 is 6.18 Å². The summed E-state index contributed by atoms with van der Waals surface area (Å²) in [5, 5.41) is 3.18. The van der Waals surface area contributed by atoms with Gasteiger partial charge in [-0.3, -0.25) is 9.59 Å². The number of hydrogen-bond acceptors (Lipinski definition) is 3. The molecule has 1 N–H and O–H groups in total. The standard InChI is InChI=1S/C20H28F3N3O2/c1-15(2)7-11-26(12-8-18(27)25-13-9-24-10-14-25)19(28)16-3-5-17(6-4-16)20(21,22)23/h3-6,15,24H,7-14H2,1-2H3. The number of rotatable bonds is 7. The van der Waals surface area contributed by atoms with Gasteiger partial charge in [-0.2, -0.15) is 13.2 Å². The molecule has 2 amide bonds. The van der Waals surface area contributed by atoms with Crippen LogP contribution in [0.1, 0.15) is 42.6 Å². The summed E-state index contributed by atoms with van der Waals surface area (Å²) in [6, 6.07) is 4.23. The Morgan fingerprint density at radius 1 is 1.11 bits per heavy atom. The number of carbonyl (C=O) groups is 2. The Hall–Kier alpha value is -2.09. The Morgan fingerprint density at radius 2 is 1.71 bits per heavy atom. The molecule has 1 fully saturated rings. The minimum Gasteiger partial charge on any atom is -0.340 e. The van der Waals surface area contributed by atoms with Crippen LogP contribution in [0.2, 0.25) is 0 Å². The van der Waals surface area contributed by atoms with Crippen molar-refractivity contribution < 1.29 is 22.8 Å². The third kappa shape index (κ3) is 6.51. The van der Waals surface area contributed by atoms with Gasteiger partial charge in [0.2, 0.25) is 5.91 Å². The van der Waals surface area contributed by atoms with E-state index in [0.717, 1.165) is 31.6 Å². The summed E-state index contributed by atoms with van der Waals surface area (Å²) in [5.41, 5.74) is -0.585. The SMILES string of the molecule is CC(C)CCN(CCC(=O)N1CCNCC1)C(=O)c1ccc(C(F)(F)F)cc1. The zero-order valence-corrected chi connectivity index (χ0v) is 16.4. The topological polar surface area (TPSA) is 52.7 Å². The van der Waals surface area contributed by atoms with Crippen LogP contribution in [0.5, 0.6) is 0 Å². The van der Waals surface area contributed by atoms with E-state index in [-0.39, 0.29) is 30.3 Å². The molecule has 156 valence electrons. The second kappa shape index (κ2) is 9.91. The van der Waals surface area contributed by atoms with Crippen molar-refractivity contribution in [3.63, 3.8) is 0 Å². The highest BCUT2D eigenvalue weighted by atomic mass is 19.4. The smallest absolute Gasteiger partial charge is 0.340 e. The Labute approximate surface area is 163 Å². The average Bonchev–Trinajstić information content (AvgIpc) is 2.67. The molecular weight excluding hydrogens is 371 g/mol. The normalized spacial score (nSPS) is 15.0. The lowest BCUT2D eigenvalue weighted by Gasteiger charge is -2.29. The molecule has 0 unspecified atom stereocenters. The van der Waals surface area contributed by atoms with Gasteiger partial charge in [0.05, 0.1) is 5.56 Å². The van der Waals surface area contributed by atoms with Crippen molar-refractivity contribution >= 4 is 11.8 Å². The van der Waals surface area contributed by atoms with Crippen molar-refractivity contribution in [2.24, 2.45) is 5.92 Å². The van der Waals surface area contributed by atoms with Crippen LogP contribution >= 0.6 is 0 Å². The summed E-state index contributed by atoms with van der Waals surface area (Å²) < 4.78 is 38.2. The van der Waals surface area contributed by atoms with Crippen LogP contribution < -0.4 is 5.32 Å². The summed E-state index contributed by atoms with van der Waals surface area (Å²) in [6.45, 7) is 7.61. The van der Waals surface area contributed by atoms with E-state index in [2.05, 4.69) is 5.32 Å². The van der Waals surface area contributed by atoms with E-state index >= 15 is 0 Å². The lowest BCUT2D eigenvalue weighted by molar-refractivity contribution is -0.137. The van der Waals surface area contributed by atoms with E-state index < -0.39 is 11.7 Å². The maximum Gasteiger partial charge on any atom is 0.416 e. The Kier molecular flexibility index (Phi) is 7.86. The maximum absolute atomic E-state index is 12.8. The molecule has 5 nitrogen and oxygen atoms in total. The summed E-state index contributed by atoms with van der Waals surface area (Å²) in [4.78, 5) is 28.6. The zero-order valence-electron chi connectivity index (χ0n) is 16.4. The first-order chi connectivity index (χ1) is 13.2. The van der Waals surface area contributed by atoms with Crippen LogP contribution in [0.15, 0.2) is 24.3 Å². The molecule has 0 atom stereocenters. The molecule has 8 heteroatoms. The quantitative estimate of drug-likeness (QED) is 0.767. The van der Waals surface area contributed by atoms with Gasteiger partial charge in [-0.05, 0) is 36.6 Å². The van der Waals surface area contributed by atoms with Gasteiger partial charge in [0.25, 0.3) is 5.91 Å². The number of carbonyl (C=O) groups excluding carboxylic acids is 2. The van der Waals surface area contributed by atoms with Crippen molar-refractivity contribution in [3.8, 4) is 0 Å². The van der Waals surface area contributed by atoms with Gasteiger partial charge in [0.15, 0.2) is 0 Å². The molecule has 1 saturated heterocycles. The fourth-order valence-corrected chi connectivity index (χ4v) is 3.02. The van der Waals surface area contributed by atoms with Gasteiger partial charge in [0, 0.05) is 51.3 Å². The van der Waals surface area contributed by atoms with Crippen molar-refractivity contribution in [1.82, 2.24) is 15.1 Å². The third-order valence-electron chi connectivity index (χ3n) is 4.79. The number of nitrogens with one attached hydrogen (secondary N) is 1. The number of nitrogens with zero attached hydrogens (tertiary/aromatic N) is 2. The lowest BCUT2D eigenvalue weighted by Crippen LogP contribution is -2.47. The average molecular weight is 399 g/mol. The molecule has 28 heavy (non-hydrogen) atoms. The molecule has 1 aromatic rings. The van der Waals surface area contributed by atoms with E-state index in [1.54, 1.807) is 9.80 Å². The molecule has 1 aliphatic rings. The van der Waals surface area contributed by atoms with Gasteiger partial charge < -0.3 is 15.1 Å². The van der Waals surface area contributed by atoms with Crippen molar-refractivity contribution in [2.75, 3.05) is 39.3 Å². The monoisotopic (exact) mass is 399 g/mol. The Balaban J connectivity index is 2.03. The van der Waals surface area contributed by atoms with E-state index in [1.807, 2.05) is 13.8 Å². The van der Waals surface area contributed by atoms with E-state index in [1.165, 1.54) is 12.1 Å². The Morgan fingerprint density at radius 3 is 2.25 bits per heavy atom. The number of piperazine rings is 1. The molecule has 0 radical (unpaired) electrons. The molecule has 0 aromatic heterocycles. The van der Waals surface area contributed by atoms with Crippen LogP contribution in [0.3, 0.4) is 0 Å². The Bertz CT molecular complexity index is 654. The number of amides is 2. The largest absolute Gasteiger partial charge is 0.416 e. The van der Waals surface area contributed by atoms with Crippen LogP contribution in [-0.4, -0.2) is 60.9 Å². The fraction of sp³-hybridized carbons (Fsp3) is 0.600. The summed E-state index contributed by atoms with van der Waals surface area (Å²) in [5.74, 6) is 0.0190. The van der Waals surface area contributed by atoms with Crippen molar-refractivity contribution in [3.05, 3.63) is 35.4 Å². The number of alkyl halides is 3. The van der Waals surface area contributed by atoms with Crippen LogP contribution in [-0.2, 0) is 11.0 Å². The van der Waals surface area contributed by atoms with E-state index in [0.29, 0.717) is 25.6 Å². The maximum atomic E-state index is 12.8. The highest BCUT2D eigenvalue weighted by Crippen LogP contribution is 2.29. The van der Waals surface area contributed by atoms with Crippen LogP contribution in [0.4, 0.5) is 13.2 Å². The molecule has 1 aliphatic heterocycles. The highest BCUT2D eigenvalue weighted by molar-refractivity contribution is 5.94. The molecular formula is C20H28F3N3O2. The minimum absolute atomic E-state index is 0.00346. The predicted octanol–water partition coefficient (Wildman–Crippen LogP) is 3.02. The van der Waals surface area contributed by atoms with Crippen molar-refractivity contribution in [1.29, 1.82) is 0 Å². The zero-order chi connectivity index (χ0) is 20.7. The molecule has 0 bridgehead atoms. The summed E-state index contributed by atoms with van der Waals surface area (Å²) in [6.07, 6.45) is -3.46. The summed E-state index contributed by atoms with van der Waals surface area (Å²) in [7, 11) is 0. The molecule has 0 aliphatic carbocycles. The first-order valence-electron chi connectivity index (χ1n) is 9.63. The van der Waals surface area contributed by atoms with E-state index in [9.17, 15) is 22.8 Å². The lowest BCUT2D eigenvalue weighted by atomic mass is 10.1. The number of halogens is 3. The highest BCUT2D eigenvalue weighted by Gasteiger charge is 2.30. The van der Waals surface area contributed by atoms with Crippen LogP contribution in [0.25, 0.3) is 0 Å². The van der Waals surface area contributed by atoms with Crippen molar-refractivity contribution in [2.45, 2.75) is 32.9 Å². The van der Waals surface area contributed by atoms with Crippen LogP contribution in [0, 0.1) is 5.92 Å².